The molecule has 0 spiro atoms. The molecular weight excluding hydrogens is 268 g/mol. The Bertz CT molecular complexity index is 749. The van der Waals surface area contributed by atoms with Gasteiger partial charge in [0.1, 0.15) is 5.69 Å². The average molecular weight is 286 g/mol. The van der Waals surface area contributed by atoms with Crippen LogP contribution in [0.3, 0.4) is 0 Å². The number of morpholine rings is 1. The number of aromatic amines is 1. The number of H-pyrrole nitrogens is 1. The summed E-state index contributed by atoms with van der Waals surface area (Å²) in [5.74, 6) is -0.161. The Balaban J connectivity index is 2.04. The molecule has 1 aliphatic rings. The molecule has 21 heavy (non-hydrogen) atoms. The summed E-state index contributed by atoms with van der Waals surface area (Å²) >= 11 is 0. The van der Waals surface area contributed by atoms with E-state index in [-0.39, 0.29) is 17.0 Å². The van der Waals surface area contributed by atoms with Gasteiger partial charge in [-0.25, -0.2) is 0 Å². The number of hydrogen-bond acceptors (Lipinski definition) is 3. The van der Waals surface area contributed by atoms with E-state index < -0.39 is 0 Å². The van der Waals surface area contributed by atoms with E-state index in [4.69, 9.17) is 4.74 Å². The first-order valence-corrected chi connectivity index (χ1v) is 7.01. The lowest BCUT2D eigenvalue weighted by Gasteiger charge is -2.42. The van der Waals surface area contributed by atoms with E-state index in [2.05, 4.69) is 4.98 Å². The molecule has 110 valence electrons. The molecule has 1 saturated heterocycles. The van der Waals surface area contributed by atoms with E-state index in [1.165, 1.54) is 0 Å². The van der Waals surface area contributed by atoms with Crippen LogP contribution >= 0.6 is 0 Å². The first-order chi connectivity index (χ1) is 9.99. The van der Waals surface area contributed by atoms with Crippen LogP contribution in [0.4, 0.5) is 0 Å². The zero-order valence-electron chi connectivity index (χ0n) is 12.2. The van der Waals surface area contributed by atoms with Gasteiger partial charge < -0.3 is 14.6 Å². The molecule has 0 aliphatic carbocycles. The third-order valence-corrected chi connectivity index (χ3v) is 3.87. The highest BCUT2D eigenvalue weighted by Crippen LogP contribution is 2.21. The van der Waals surface area contributed by atoms with Gasteiger partial charge in [0.25, 0.3) is 11.5 Å². The van der Waals surface area contributed by atoms with Crippen LogP contribution in [0.15, 0.2) is 35.1 Å². The van der Waals surface area contributed by atoms with Gasteiger partial charge in [0.15, 0.2) is 0 Å². The van der Waals surface area contributed by atoms with Gasteiger partial charge in [0.2, 0.25) is 0 Å². The highest BCUT2D eigenvalue weighted by Gasteiger charge is 2.35. The van der Waals surface area contributed by atoms with Crippen molar-refractivity contribution in [1.29, 1.82) is 0 Å². The molecule has 5 nitrogen and oxygen atoms in total. The van der Waals surface area contributed by atoms with Gasteiger partial charge >= 0.3 is 0 Å². The van der Waals surface area contributed by atoms with Crippen LogP contribution in [0.1, 0.15) is 24.3 Å². The largest absolute Gasteiger partial charge is 0.377 e. The number of nitrogens with zero attached hydrogens (tertiary/aromatic N) is 1. The Morgan fingerprint density at radius 2 is 2.10 bits per heavy atom. The van der Waals surface area contributed by atoms with Gasteiger partial charge in [-0.3, -0.25) is 9.59 Å². The summed E-state index contributed by atoms with van der Waals surface area (Å²) < 4.78 is 5.43. The van der Waals surface area contributed by atoms with Crippen molar-refractivity contribution in [2.75, 3.05) is 19.8 Å². The summed E-state index contributed by atoms with van der Waals surface area (Å²) in [5, 5.41) is 1.37. The predicted molar refractivity (Wildman–Crippen MR) is 80.5 cm³/mol. The number of benzene rings is 1. The number of carbonyl (C=O) groups is 1. The third-order valence-electron chi connectivity index (χ3n) is 3.87. The van der Waals surface area contributed by atoms with E-state index in [1.54, 1.807) is 17.0 Å². The van der Waals surface area contributed by atoms with Crippen molar-refractivity contribution in [2.24, 2.45) is 0 Å². The molecule has 1 aromatic carbocycles. The Morgan fingerprint density at radius 3 is 2.86 bits per heavy atom. The summed E-state index contributed by atoms with van der Waals surface area (Å²) in [5.41, 5.74) is -0.283. The number of rotatable bonds is 1. The standard InChI is InChI=1S/C16H18N2O3/c1-16(2)10-21-8-7-18(16)15(20)13-9-11-5-3-4-6-12(11)14(19)17-13/h3-6,9H,7-8,10H2,1-2H3,(H,17,19). The van der Waals surface area contributed by atoms with Gasteiger partial charge in [0.05, 0.1) is 18.8 Å². The molecule has 1 amide bonds. The van der Waals surface area contributed by atoms with Crippen molar-refractivity contribution in [2.45, 2.75) is 19.4 Å². The second kappa shape index (κ2) is 5.00. The van der Waals surface area contributed by atoms with Crippen LogP contribution < -0.4 is 5.56 Å². The smallest absolute Gasteiger partial charge is 0.270 e. The van der Waals surface area contributed by atoms with Gasteiger partial charge in [-0.15, -0.1) is 0 Å². The highest BCUT2D eigenvalue weighted by molar-refractivity contribution is 5.96. The van der Waals surface area contributed by atoms with Crippen molar-refractivity contribution in [1.82, 2.24) is 9.88 Å². The highest BCUT2D eigenvalue weighted by atomic mass is 16.5. The number of amides is 1. The number of nitrogens with one attached hydrogen (secondary N) is 1. The lowest BCUT2D eigenvalue weighted by atomic mass is 10.0. The molecular formula is C16H18N2O3. The van der Waals surface area contributed by atoms with Gasteiger partial charge in [-0.2, -0.15) is 0 Å². The minimum Gasteiger partial charge on any atom is -0.377 e. The summed E-state index contributed by atoms with van der Waals surface area (Å²) in [4.78, 5) is 29.3. The molecule has 2 aromatic rings. The number of carbonyl (C=O) groups excluding carboxylic acids is 1. The van der Waals surface area contributed by atoms with Crippen molar-refractivity contribution in [3.63, 3.8) is 0 Å². The first kappa shape index (κ1) is 13.8. The maximum Gasteiger partial charge on any atom is 0.270 e. The molecule has 5 heteroatoms. The topological polar surface area (TPSA) is 62.4 Å². The average Bonchev–Trinajstić information content (AvgIpc) is 2.46. The van der Waals surface area contributed by atoms with E-state index >= 15 is 0 Å². The fourth-order valence-electron chi connectivity index (χ4n) is 2.71. The van der Waals surface area contributed by atoms with Gasteiger partial charge in [0, 0.05) is 11.9 Å². The van der Waals surface area contributed by atoms with Crippen LogP contribution in [0, 0.1) is 0 Å². The molecule has 0 unspecified atom stereocenters. The molecule has 1 aromatic heterocycles. The Labute approximate surface area is 122 Å². The van der Waals surface area contributed by atoms with Crippen LogP contribution in [-0.4, -0.2) is 41.1 Å². The summed E-state index contributed by atoms with van der Waals surface area (Å²) in [7, 11) is 0. The quantitative estimate of drug-likeness (QED) is 0.869. The van der Waals surface area contributed by atoms with Crippen molar-refractivity contribution in [3.05, 3.63) is 46.4 Å². The fraction of sp³-hybridized carbons (Fsp3) is 0.375. The zero-order chi connectivity index (χ0) is 15.0. The van der Waals surface area contributed by atoms with Crippen molar-refractivity contribution in [3.8, 4) is 0 Å². The van der Waals surface area contributed by atoms with E-state index in [0.717, 1.165) is 5.39 Å². The zero-order valence-corrected chi connectivity index (χ0v) is 12.2. The van der Waals surface area contributed by atoms with Gasteiger partial charge in [-0.1, -0.05) is 18.2 Å². The van der Waals surface area contributed by atoms with Gasteiger partial charge in [-0.05, 0) is 31.4 Å². The van der Waals surface area contributed by atoms with Crippen LogP contribution in [0.5, 0.6) is 0 Å². The SMILES string of the molecule is CC1(C)COCCN1C(=O)c1cc2ccccc2c(=O)[nH]1. The Kier molecular flexibility index (Phi) is 3.29. The number of hydrogen-bond donors (Lipinski definition) is 1. The lowest BCUT2D eigenvalue weighted by molar-refractivity contribution is -0.0373. The molecule has 0 atom stereocenters. The van der Waals surface area contributed by atoms with Crippen LogP contribution in [0.2, 0.25) is 0 Å². The number of ether oxygens (including phenoxy) is 1. The summed E-state index contributed by atoms with van der Waals surface area (Å²) in [6.45, 7) is 5.47. The maximum absolute atomic E-state index is 12.7. The molecule has 0 saturated carbocycles. The molecule has 1 fully saturated rings. The lowest BCUT2D eigenvalue weighted by Crippen LogP contribution is -2.55. The maximum atomic E-state index is 12.7. The number of pyridine rings is 1. The van der Waals surface area contributed by atoms with Crippen molar-refractivity contribution >= 4 is 16.7 Å². The molecule has 0 radical (unpaired) electrons. The Morgan fingerprint density at radius 1 is 1.33 bits per heavy atom. The summed E-state index contributed by atoms with van der Waals surface area (Å²) in [6.07, 6.45) is 0. The van der Waals surface area contributed by atoms with E-state index in [9.17, 15) is 9.59 Å². The van der Waals surface area contributed by atoms with E-state index in [0.29, 0.717) is 30.8 Å². The second-order valence-electron chi connectivity index (χ2n) is 5.92. The predicted octanol–water partition coefficient (Wildman–Crippen LogP) is 1.78. The minimum absolute atomic E-state index is 0.161. The summed E-state index contributed by atoms with van der Waals surface area (Å²) in [6, 6.07) is 9.00. The molecule has 0 bridgehead atoms. The molecule has 2 heterocycles. The molecule has 1 aliphatic heterocycles. The second-order valence-corrected chi connectivity index (χ2v) is 5.92. The minimum atomic E-state index is -0.377. The van der Waals surface area contributed by atoms with E-state index in [1.807, 2.05) is 32.0 Å². The monoisotopic (exact) mass is 286 g/mol. The van der Waals surface area contributed by atoms with Crippen LogP contribution in [0.25, 0.3) is 10.8 Å². The molecule has 3 rings (SSSR count). The number of aromatic nitrogens is 1. The van der Waals surface area contributed by atoms with Crippen LogP contribution in [-0.2, 0) is 4.74 Å². The first-order valence-electron chi connectivity index (χ1n) is 7.01. The fourth-order valence-corrected chi connectivity index (χ4v) is 2.71. The Hall–Kier alpha value is -2.14. The third kappa shape index (κ3) is 2.45. The molecule has 1 N–H and O–H groups in total. The number of fused-ring (bicyclic) bond motifs is 1. The normalized spacial score (nSPS) is 17.9. The van der Waals surface area contributed by atoms with Crippen molar-refractivity contribution < 1.29 is 9.53 Å².